The smallest absolute Gasteiger partial charge is 0.378 e. The van der Waals surface area contributed by atoms with Crippen LogP contribution in [0.2, 0.25) is 0 Å². The number of nitrogens with two attached hydrogens (primary N) is 1. The molecule has 0 bridgehead atoms. The average molecular weight is 311 g/mol. The Kier molecular flexibility index (Phi) is 6.42. The first-order valence-corrected chi connectivity index (χ1v) is 7.14. The summed E-state index contributed by atoms with van der Waals surface area (Å²) < 4.78 is 45.2. The number of amides is 1. The van der Waals surface area contributed by atoms with Gasteiger partial charge in [-0.2, -0.15) is 13.2 Å². The number of nitrogens with one attached hydrogen (secondary N) is 1. The van der Waals surface area contributed by atoms with E-state index < -0.39 is 30.2 Å². The lowest BCUT2D eigenvalue weighted by molar-refractivity contribution is -0.207. The Bertz CT molecular complexity index is 350. The first-order chi connectivity index (χ1) is 9.68. The van der Waals surface area contributed by atoms with E-state index in [0.29, 0.717) is 0 Å². The molecule has 0 aromatic rings. The van der Waals surface area contributed by atoms with Gasteiger partial charge in [-0.25, -0.2) is 0 Å². The van der Waals surface area contributed by atoms with Gasteiger partial charge in [0.05, 0.1) is 13.2 Å². The Morgan fingerprint density at radius 1 is 1.48 bits per heavy atom. The molecule has 0 saturated carbocycles. The van der Waals surface area contributed by atoms with Gasteiger partial charge in [-0.1, -0.05) is 6.92 Å². The molecular formula is C13H24F3N3O2. The van der Waals surface area contributed by atoms with Crippen molar-refractivity contribution in [3.63, 3.8) is 0 Å². The van der Waals surface area contributed by atoms with Gasteiger partial charge in [-0.3, -0.25) is 9.69 Å². The van der Waals surface area contributed by atoms with Crippen LogP contribution in [0.3, 0.4) is 0 Å². The maximum Gasteiger partial charge on any atom is 0.405 e. The number of halogens is 3. The lowest BCUT2D eigenvalue weighted by Gasteiger charge is -2.42. The summed E-state index contributed by atoms with van der Waals surface area (Å²) >= 11 is 0. The molecule has 8 heteroatoms. The zero-order valence-corrected chi connectivity index (χ0v) is 12.6. The van der Waals surface area contributed by atoms with Gasteiger partial charge in [-0.15, -0.1) is 0 Å². The fourth-order valence-corrected chi connectivity index (χ4v) is 2.46. The SMILES string of the molecule is CCC(N)C(N1CCOCC1C(=O)NC(C)C)C(F)(F)F. The van der Waals surface area contributed by atoms with Crippen LogP contribution in [0, 0.1) is 0 Å². The standard InChI is InChI=1S/C13H24F3N3O2/c1-4-9(17)11(13(14,15)16)19-5-6-21-7-10(19)12(20)18-8(2)3/h8-11H,4-7,17H2,1-3H3,(H,18,20). The maximum atomic E-state index is 13.3. The summed E-state index contributed by atoms with van der Waals surface area (Å²) in [6.45, 7) is 5.26. The molecule has 3 atom stereocenters. The first-order valence-electron chi connectivity index (χ1n) is 7.14. The third kappa shape index (κ3) is 4.82. The number of rotatable bonds is 5. The number of morpholine rings is 1. The summed E-state index contributed by atoms with van der Waals surface area (Å²) in [6, 6.07) is -4.03. The van der Waals surface area contributed by atoms with Crippen LogP contribution >= 0.6 is 0 Å². The summed E-state index contributed by atoms with van der Waals surface area (Å²) in [6.07, 6.45) is -4.30. The summed E-state index contributed by atoms with van der Waals surface area (Å²) in [5, 5.41) is 2.64. The van der Waals surface area contributed by atoms with E-state index >= 15 is 0 Å². The molecule has 3 N–H and O–H groups in total. The first kappa shape index (κ1) is 18.2. The van der Waals surface area contributed by atoms with Crippen LogP contribution in [0.4, 0.5) is 13.2 Å². The zero-order chi connectivity index (χ0) is 16.2. The van der Waals surface area contributed by atoms with E-state index in [4.69, 9.17) is 10.5 Å². The molecule has 1 heterocycles. The largest absolute Gasteiger partial charge is 0.405 e. The third-order valence-corrected chi connectivity index (χ3v) is 3.47. The Labute approximate surface area is 123 Å². The van der Waals surface area contributed by atoms with Gasteiger partial charge < -0.3 is 15.8 Å². The second-order valence-corrected chi connectivity index (χ2v) is 5.55. The molecular weight excluding hydrogens is 287 g/mol. The minimum Gasteiger partial charge on any atom is -0.378 e. The summed E-state index contributed by atoms with van der Waals surface area (Å²) in [5.41, 5.74) is 5.66. The van der Waals surface area contributed by atoms with E-state index in [2.05, 4.69) is 5.32 Å². The van der Waals surface area contributed by atoms with Gasteiger partial charge in [-0.05, 0) is 20.3 Å². The topological polar surface area (TPSA) is 67.6 Å². The van der Waals surface area contributed by atoms with Crippen LogP contribution in [0.5, 0.6) is 0 Å². The van der Waals surface area contributed by atoms with E-state index in [1.807, 2.05) is 0 Å². The summed E-state index contributed by atoms with van der Waals surface area (Å²) in [7, 11) is 0. The Morgan fingerprint density at radius 3 is 2.57 bits per heavy atom. The minimum atomic E-state index is -4.48. The molecule has 1 aliphatic rings. The average Bonchev–Trinajstić information content (AvgIpc) is 2.36. The number of nitrogens with zero attached hydrogens (tertiary/aromatic N) is 1. The second kappa shape index (κ2) is 7.42. The quantitative estimate of drug-likeness (QED) is 0.791. The molecule has 0 radical (unpaired) electrons. The molecule has 0 aliphatic carbocycles. The maximum absolute atomic E-state index is 13.3. The lowest BCUT2D eigenvalue weighted by atomic mass is 10.0. The van der Waals surface area contributed by atoms with Crippen molar-refractivity contribution >= 4 is 5.91 Å². The number of ether oxygens (including phenoxy) is 1. The van der Waals surface area contributed by atoms with Crippen molar-refractivity contribution in [1.82, 2.24) is 10.2 Å². The van der Waals surface area contributed by atoms with Crippen molar-refractivity contribution in [3.05, 3.63) is 0 Å². The van der Waals surface area contributed by atoms with Gasteiger partial charge >= 0.3 is 6.18 Å². The third-order valence-electron chi connectivity index (χ3n) is 3.47. The molecule has 21 heavy (non-hydrogen) atoms. The summed E-state index contributed by atoms with van der Waals surface area (Å²) in [4.78, 5) is 13.3. The molecule has 0 aromatic carbocycles. The van der Waals surface area contributed by atoms with Crippen LogP contribution < -0.4 is 11.1 Å². The van der Waals surface area contributed by atoms with Crippen LogP contribution in [0.25, 0.3) is 0 Å². The molecule has 1 amide bonds. The monoisotopic (exact) mass is 311 g/mol. The molecule has 0 spiro atoms. The van der Waals surface area contributed by atoms with Crippen molar-refractivity contribution in [2.45, 2.75) is 57.5 Å². The van der Waals surface area contributed by atoms with Gasteiger partial charge in [0, 0.05) is 18.6 Å². The molecule has 1 aliphatic heterocycles. The predicted octanol–water partition coefficient (Wildman–Crippen LogP) is 0.880. The van der Waals surface area contributed by atoms with Gasteiger partial charge in [0.15, 0.2) is 0 Å². The van der Waals surface area contributed by atoms with Gasteiger partial charge in [0.2, 0.25) is 5.91 Å². The predicted molar refractivity (Wildman–Crippen MR) is 72.7 cm³/mol. The van der Waals surface area contributed by atoms with Crippen molar-refractivity contribution in [1.29, 1.82) is 0 Å². The van der Waals surface area contributed by atoms with E-state index in [9.17, 15) is 18.0 Å². The number of hydrogen-bond acceptors (Lipinski definition) is 4. The fourth-order valence-electron chi connectivity index (χ4n) is 2.46. The van der Waals surface area contributed by atoms with Crippen molar-refractivity contribution in [2.75, 3.05) is 19.8 Å². The van der Waals surface area contributed by atoms with Crippen LogP contribution in [-0.2, 0) is 9.53 Å². The highest BCUT2D eigenvalue weighted by Crippen LogP contribution is 2.30. The van der Waals surface area contributed by atoms with Crippen LogP contribution in [0.15, 0.2) is 0 Å². The van der Waals surface area contributed by atoms with Crippen molar-refractivity contribution in [2.24, 2.45) is 5.73 Å². The normalized spacial score (nSPS) is 23.9. The number of alkyl halides is 3. The second-order valence-electron chi connectivity index (χ2n) is 5.55. The number of hydrogen-bond donors (Lipinski definition) is 2. The molecule has 1 rings (SSSR count). The Balaban J connectivity index is 2.99. The van der Waals surface area contributed by atoms with Gasteiger partial charge in [0.1, 0.15) is 12.1 Å². The lowest BCUT2D eigenvalue weighted by Crippen LogP contribution is -2.65. The van der Waals surface area contributed by atoms with E-state index in [0.717, 1.165) is 4.90 Å². The highest BCUT2D eigenvalue weighted by atomic mass is 19.4. The minimum absolute atomic E-state index is 0.0358. The zero-order valence-electron chi connectivity index (χ0n) is 12.6. The van der Waals surface area contributed by atoms with E-state index in [-0.39, 0.29) is 32.2 Å². The van der Waals surface area contributed by atoms with E-state index in [1.165, 1.54) is 0 Å². The molecule has 1 fully saturated rings. The molecule has 3 unspecified atom stereocenters. The van der Waals surface area contributed by atoms with Gasteiger partial charge in [0.25, 0.3) is 0 Å². The van der Waals surface area contributed by atoms with E-state index in [1.54, 1.807) is 20.8 Å². The highest BCUT2D eigenvalue weighted by Gasteiger charge is 2.50. The number of carbonyl (C=O) groups is 1. The highest BCUT2D eigenvalue weighted by molar-refractivity contribution is 5.82. The fraction of sp³-hybridized carbons (Fsp3) is 0.923. The molecule has 1 saturated heterocycles. The molecule has 124 valence electrons. The van der Waals surface area contributed by atoms with Crippen LogP contribution in [-0.4, -0.2) is 60.9 Å². The molecule has 5 nitrogen and oxygen atoms in total. The van der Waals surface area contributed by atoms with Crippen molar-refractivity contribution < 1.29 is 22.7 Å². The Hall–Kier alpha value is -0.860. The summed E-state index contributed by atoms with van der Waals surface area (Å²) in [5.74, 6) is -0.456. The molecule has 0 aromatic heterocycles. The Morgan fingerprint density at radius 2 is 2.10 bits per heavy atom. The number of carbonyl (C=O) groups excluding carboxylic acids is 1. The van der Waals surface area contributed by atoms with Crippen molar-refractivity contribution in [3.8, 4) is 0 Å². The van der Waals surface area contributed by atoms with Crippen LogP contribution in [0.1, 0.15) is 27.2 Å².